The first-order valence-corrected chi connectivity index (χ1v) is 11.8. The van der Waals surface area contributed by atoms with Crippen molar-refractivity contribution in [1.82, 2.24) is 4.72 Å². The molecular formula is C21H30N2O3S. The Morgan fingerprint density at radius 1 is 1.07 bits per heavy atom. The zero-order valence-electron chi connectivity index (χ0n) is 16.3. The Bertz CT molecular complexity index is 832. The predicted octanol–water partition coefficient (Wildman–Crippen LogP) is 3.62. The fraction of sp³-hybridized carbons (Fsp3) is 0.667. The largest absolute Gasteiger partial charge is 0.309 e. The van der Waals surface area contributed by atoms with Crippen molar-refractivity contribution in [1.29, 1.82) is 0 Å². The Morgan fingerprint density at radius 3 is 2.48 bits per heavy atom. The number of amides is 1. The summed E-state index contributed by atoms with van der Waals surface area (Å²) in [6.45, 7) is 4.17. The van der Waals surface area contributed by atoms with Gasteiger partial charge in [0, 0.05) is 23.7 Å². The maximum atomic E-state index is 12.9. The minimum atomic E-state index is -3.53. The molecule has 148 valence electrons. The number of carbonyl (C=O) groups excluding carboxylic acids is 1. The summed E-state index contributed by atoms with van der Waals surface area (Å²) in [6.07, 6.45) is 8.06. The summed E-state index contributed by atoms with van der Waals surface area (Å²) in [5.74, 6) is 0.729. The van der Waals surface area contributed by atoms with Gasteiger partial charge in [-0.3, -0.25) is 4.79 Å². The van der Waals surface area contributed by atoms with Crippen LogP contribution in [0.5, 0.6) is 0 Å². The summed E-state index contributed by atoms with van der Waals surface area (Å²) >= 11 is 0. The molecule has 1 amide bonds. The molecule has 3 atom stereocenters. The molecule has 1 heterocycles. The number of rotatable bonds is 4. The van der Waals surface area contributed by atoms with Crippen molar-refractivity contribution in [2.75, 3.05) is 4.90 Å². The van der Waals surface area contributed by atoms with Crippen molar-refractivity contribution in [3.8, 4) is 0 Å². The van der Waals surface area contributed by atoms with Crippen molar-refractivity contribution < 1.29 is 13.2 Å². The van der Waals surface area contributed by atoms with E-state index in [-0.39, 0.29) is 23.9 Å². The average Bonchev–Trinajstić information content (AvgIpc) is 2.90. The van der Waals surface area contributed by atoms with Gasteiger partial charge in [0.15, 0.2) is 0 Å². The molecule has 1 aliphatic heterocycles. The van der Waals surface area contributed by atoms with Gasteiger partial charge in [0.05, 0.1) is 4.90 Å². The molecule has 2 fully saturated rings. The molecule has 3 aliphatic rings. The summed E-state index contributed by atoms with van der Waals surface area (Å²) in [5, 5.41) is 0. The maximum absolute atomic E-state index is 12.9. The molecule has 2 aliphatic carbocycles. The molecule has 0 spiro atoms. The van der Waals surface area contributed by atoms with Gasteiger partial charge >= 0.3 is 0 Å². The SMILES string of the molecule is C[C@@H]1CCCC[C@@H]1NS(=O)(=O)c1ccc2c(c1)C[C@H](C)N2C(=O)C1CCC1. The Kier molecular flexibility index (Phi) is 5.06. The van der Waals surface area contributed by atoms with E-state index in [1.165, 1.54) is 6.42 Å². The highest BCUT2D eigenvalue weighted by molar-refractivity contribution is 7.89. The number of fused-ring (bicyclic) bond motifs is 1. The van der Waals surface area contributed by atoms with Crippen LogP contribution in [0.4, 0.5) is 5.69 Å². The quantitative estimate of drug-likeness (QED) is 0.854. The number of nitrogens with zero attached hydrogens (tertiary/aromatic N) is 1. The third kappa shape index (κ3) is 3.54. The lowest BCUT2D eigenvalue weighted by Crippen LogP contribution is -2.42. The Hall–Kier alpha value is -1.40. The van der Waals surface area contributed by atoms with Crippen LogP contribution in [0, 0.1) is 11.8 Å². The second-order valence-electron chi connectivity index (χ2n) is 8.67. The van der Waals surface area contributed by atoms with Gasteiger partial charge in [0.25, 0.3) is 0 Å². The summed E-state index contributed by atoms with van der Waals surface area (Å²) < 4.78 is 28.8. The van der Waals surface area contributed by atoms with Gasteiger partial charge in [0.1, 0.15) is 0 Å². The first-order valence-electron chi connectivity index (χ1n) is 10.3. The molecule has 1 aromatic carbocycles. The fourth-order valence-electron chi connectivity index (χ4n) is 4.72. The number of sulfonamides is 1. The normalized spacial score (nSPS) is 28.7. The Labute approximate surface area is 162 Å². The summed E-state index contributed by atoms with van der Waals surface area (Å²) in [6, 6.07) is 5.38. The zero-order valence-corrected chi connectivity index (χ0v) is 17.1. The predicted molar refractivity (Wildman–Crippen MR) is 106 cm³/mol. The minimum Gasteiger partial charge on any atom is -0.309 e. The Balaban J connectivity index is 1.56. The number of anilines is 1. The average molecular weight is 391 g/mol. The van der Waals surface area contributed by atoms with Crippen molar-refractivity contribution in [2.45, 2.75) is 82.2 Å². The van der Waals surface area contributed by atoms with E-state index in [1.54, 1.807) is 12.1 Å². The number of benzene rings is 1. The highest BCUT2D eigenvalue weighted by atomic mass is 32.2. The van der Waals surface area contributed by atoms with Gasteiger partial charge in [-0.15, -0.1) is 0 Å². The molecule has 0 aromatic heterocycles. The van der Waals surface area contributed by atoms with Crippen LogP contribution < -0.4 is 9.62 Å². The number of carbonyl (C=O) groups is 1. The first-order chi connectivity index (χ1) is 12.9. The molecule has 0 radical (unpaired) electrons. The van der Waals surface area contributed by atoms with Crippen LogP contribution in [0.2, 0.25) is 0 Å². The van der Waals surface area contributed by atoms with Gasteiger partial charge in [-0.25, -0.2) is 13.1 Å². The monoisotopic (exact) mass is 390 g/mol. The smallest absolute Gasteiger partial charge is 0.240 e. The summed E-state index contributed by atoms with van der Waals surface area (Å²) in [7, 11) is -3.53. The molecule has 1 aromatic rings. The van der Waals surface area contributed by atoms with Crippen LogP contribution in [0.15, 0.2) is 23.1 Å². The van der Waals surface area contributed by atoms with Gasteiger partial charge in [-0.05, 0) is 68.7 Å². The molecule has 5 nitrogen and oxygen atoms in total. The van der Waals surface area contributed by atoms with Gasteiger partial charge in [-0.2, -0.15) is 0 Å². The van der Waals surface area contributed by atoms with Crippen molar-refractivity contribution in [3.63, 3.8) is 0 Å². The second-order valence-corrected chi connectivity index (χ2v) is 10.4. The lowest BCUT2D eigenvalue weighted by molar-refractivity contribution is -0.125. The first kappa shape index (κ1) is 18.9. The van der Waals surface area contributed by atoms with E-state index in [1.807, 2.05) is 17.9 Å². The maximum Gasteiger partial charge on any atom is 0.240 e. The fourth-order valence-corrected chi connectivity index (χ4v) is 6.15. The molecule has 6 heteroatoms. The molecule has 1 N–H and O–H groups in total. The molecule has 0 unspecified atom stereocenters. The van der Waals surface area contributed by atoms with E-state index in [0.717, 1.165) is 56.2 Å². The lowest BCUT2D eigenvalue weighted by Gasteiger charge is -2.32. The van der Waals surface area contributed by atoms with Crippen molar-refractivity contribution in [3.05, 3.63) is 23.8 Å². The van der Waals surface area contributed by atoms with Crippen LogP contribution in [0.25, 0.3) is 0 Å². The summed E-state index contributed by atoms with van der Waals surface area (Å²) in [4.78, 5) is 15.0. The van der Waals surface area contributed by atoms with Gasteiger partial charge in [0.2, 0.25) is 15.9 Å². The van der Waals surface area contributed by atoms with Gasteiger partial charge < -0.3 is 4.90 Å². The van der Waals surface area contributed by atoms with Crippen molar-refractivity contribution in [2.24, 2.45) is 11.8 Å². The number of nitrogens with one attached hydrogen (secondary N) is 1. The van der Waals surface area contributed by atoms with E-state index in [0.29, 0.717) is 10.8 Å². The second kappa shape index (κ2) is 7.21. The molecule has 2 saturated carbocycles. The molecule has 27 heavy (non-hydrogen) atoms. The summed E-state index contributed by atoms with van der Waals surface area (Å²) in [5.41, 5.74) is 1.86. The number of hydrogen-bond donors (Lipinski definition) is 1. The molecular weight excluding hydrogens is 360 g/mol. The highest BCUT2D eigenvalue weighted by Crippen LogP contribution is 2.38. The zero-order chi connectivity index (χ0) is 19.2. The minimum absolute atomic E-state index is 0.0209. The van der Waals surface area contributed by atoms with E-state index in [4.69, 9.17) is 0 Å². The standard InChI is InChI=1S/C21H30N2O3S/c1-14-6-3-4-9-19(14)22-27(25,26)18-10-11-20-17(13-18)12-15(2)23(20)21(24)16-7-5-8-16/h10-11,13-16,19,22H,3-9,12H2,1-2H3/t14-,15+,19+/m1/s1. The van der Waals surface area contributed by atoms with Crippen LogP contribution in [0.1, 0.15) is 64.4 Å². The third-order valence-corrected chi connectivity index (χ3v) is 8.17. The van der Waals surface area contributed by atoms with Crippen LogP contribution in [-0.2, 0) is 21.2 Å². The van der Waals surface area contributed by atoms with E-state index < -0.39 is 10.0 Å². The van der Waals surface area contributed by atoms with Crippen LogP contribution >= 0.6 is 0 Å². The van der Waals surface area contributed by atoms with E-state index in [9.17, 15) is 13.2 Å². The Morgan fingerprint density at radius 2 is 1.81 bits per heavy atom. The van der Waals surface area contributed by atoms with Crippen LogP contribution in [0.3, 0.4) is 0 Å². The molecule has 4 rings (SSSR count). The third-order valence-electron chi connectivity index (χ3n) is 6.69. The van der Waals surface area contributed by atoms with Crippen molar-refractivity contribution >= 4 is 21.6 Å². The van der Waals surface area contributed by atoms with E-state index in [2.05, 4.69) is 11.6 Å². The highest BCUT2D eigenvalue weighted by Gasteiger charge is 2.37. The van der Waals surface area contributed by atoms with Gasteiger partial charge in [-0.1, -0.05) is 26.2 Å². The topological polar surface area (TPSA) is 66.5 Å². The lowest BCUT2D eigenvalue weighted by atomic mass is 9.84. The van der Waals surface area contributed by atoms with Crippen LogP contribution in [-0.4, -0.2) is 26.4 Å². The number of hydrogen-bond acceptors (Lipinski definition) is 3. The molecule has 0 saturated heterocycles. The molecule has 0 bridgehead atoms. The van der Waals surface area contributed by atoms with E-state index >= 15 is 0 Å².